The molecule has 0 spiro atoms. The van der Waals surface area contributed by atoms with Crippen molar-refractivity contribution in [3.63, 3.8) is 0 Å². The summed E-state index contributed by atoms with van der Waals surface area (Å²) in [6, 6.07) is 15.3. The summed E-state index contributed by atoms with van der Waals surface area (Å²) in [5, 5.41) is 5.24. The number of carbonyl (C=O) groups is 2. The maximum Gasteiger partial charge on any atom is 0.309 e. The number of hydrogen-bond donors (Lipinski definition) is 2. The van der Waals surface area contributed by atoms with Gasteiger partial charge in [0.25, 0.3) is 0 Å². The van der Waals surface area contributed by atoms with Gasteiger partial charge >= 0.3 is 11.8 Å². The highest BCUT2D eigenvalue weighted by atomic mass is 16.6. The Hall–Kier alpha value is -3.06. The lowest BCUT2D eigenvalue weighted by Crippen LogP contribution is -2.46. The molecule has 0 aliphatic carbocycles. The van der Waals surface area contributed by atoms with E-state index in [0.29, 0.717) is 24.7 Å². The summed E-state index contributed by atoms with van der Waals surface area (Å²) in [5.74, 6) is -0.0866. The van der Waals surface area contributed by atoms with Crippen LogP contribution in [0, 0.1) is 0 Å². The number of hydrogen-bond acceptors (Lipinski definition) is 5. The quantitative estimate of drug-likeness (QED) is 0.781. The zero-order valence-electron chi connectivity index (χ0n) is 15.4. The Morgan fingerprint density at radius 3 is 2.50 bits per heavy atom. The second-order valence-corrected chi connectivity index (χ2v) is 6.73. The Balaban J connectivity index is 1.24. The zero-order valence-corrected chi connectivity index (χ0v) is 15.4. The van der Waals surface area contributed by atoms with Crippen molar-refractivity contribution in [3.8, 4) is 11.5 Å². The first kappa shape index (κ1) is 18.3. The number of fused-ring (bicyclic) bond motifs is 2. The third kappa shape index (κ3) is 4.09. The van der Waals surface area contributed by atoms with Gasteiger partial charge < -0.3 is 24.8 Å². The lowest BCUT2D eigenvalue weighted by molar-refractivity contribution is -0.139. The molecule has 2 aromatic carbocycles. The monoisotopic (exact) mass is 382 g/mol. The molecule has 146 valence electrons. The molecule has 0 fully saturated rings. The van der Waals surface area contributed by atoms with Crippen LogP contribution in [0.15, 0.2) is 48.5 Å². The first-order valence-corrected chi connectivity index (χ1v) is 9.34. The average molecular weight is 382 g/mol. The van der Waals surface area contributed by atoms with Crippen LogP contribution in [0.2, 0.25) is 0 Å². The minimum Gasteiger partial charge on any atom is -0.486 e. The molecule has 2 atom stereocenters. The Morgan fingerprint density at radius 2 is 1.64 bits per heavy atom. The highest BCUT2D eigenvalue weighted by Gasteiger charge is 2.24. The fraction of sp³-hybridized carbons (Fsp3) is 0.333. The first-order valence-electron chi connectivity index (χ1n) is 9.34. The van der Waals surface area contributed by atoms with Crippen molar-refractivity contribution in [2.45, 2.75) is 18.6 Å². The van der Waals surface area contributed by atoms with Gasteiger partial charge in [0, 0.05) is 6.54 Å². The van der Waals surface area contributed by atoms with Gasteiger partial charge in [-0.25, -0.2) is 0 Å². The smallest absolute Gasteiger partial charge is 0.309 e. The van der Waals surface area contributed by atoms with E-state index in [1.165, 1.54) is 5.56 Å². The standard InChI is InChI=1S/C21H22N2O5/c24-20(22-11-15-13-27-17-7-3-4-8-18(17)28-15)21(25)23-12-19-16-6-2-1-5-14(16)9-10-26-19/h1-8,15,19H,9-13H2,(H,22,24)(H,23,25)/t15-,19+/m1/s1. The molecule has 2 aliphatic rings. The largest absolute Gasteiger partial charge is 0.486 e. The number of carbonyl (C=O) groups excluding carboxylic acids is 2. The van der Waals surface area contributed by atoms with Crippen LogP contribution >= 0.6 is 0 Å². The summed E-state index contributed by atoms with van der Waals surface area (Å²) < 4.78 is 17.1. The Morgan fingerprint density at radius 1 is 0.929 bits per heavy atom. The van der Waals surface area contributed by atoms with Gasteiger partial charge in [-0.2, -0.15) is 0 Å². The molecule has 0 unspecified atom stereocenters. The van der Waals surface area contributed by atoms with E-state index in [2.05, 4.69) is 16.7 Å². The van der Waals surface area contributed by atoms with Crippen LogP contribution in [0.4, 0.5) is 0 Å². The van der Waals surface area contributed by atoms with E-state index in [-0.39, 0.29) is 25.3 Å². The third-order valence-electron chi connectivity index (χ3n) is 4.80. The SMILES string of the molecule is O=C(NC[C@@H]1COc2ccccc2O1)C(=O)NC[C@@H]1OCCc2ccccc21. The van der Waals surface area contributed by atoms with Crippen LogP contribution in [0.3, 0.4) is 0 Å². The van der Waals surface area contributed by atoms with Gasteiger partial charge in [0.15, 0.2) is 11.5 Å². The molecule has 2 aromatic rings. The topological polar surface area (TPSA) is 85.9 Å². The van der Waals surface area contributed by atoms with Crippen LogP contribution in [0.1, 0.15) is 17.2 Å². The molecule has 0 radical (unpaired) electrons. The molecule has 4 rings (SSSR count). The van der Waals surface area contributed by atoms with E-state index in [0.717, 1.165) is 12.0 Å². The van der Waals surface area contributed by atoms with Gasteiger partial charge in [0.1, 0.15) is 18.8 Å². The van der Waals surface area contributed by atoms with E-state index < -0.39 is 11.8 Å². The highest BCUT2D eigenvalue weighted by molar-refractivity contribution is 6.35. The summed E-state index contributed by atoms with van der Waals surface area (Å²) in [7, 11) is 0. The van der Waals surface area contributed by atoms with E-state index in [9.17, 15) is 9.59 Å². The van der Waals surface area contributed by atoms with E-state index in [1.807, 2.05) is 36.4 Å². The zero-order chi connectivity index (χ0) is 19.3. The van der Waals surface area contributed by atoms with Crippen molar-refractivity contribution in [1.29, 1.82) is 0 Å². The lowest BCUT2D eigenvalue weighted by Gasteiger charge is -2.27. The molecule has 7 nitrogen and oxygen atoms in total. The Labute approximate surface area is 163 Å². The maximum atomic E-state index is 12.1. The molecule has 0 saturated heterocycles. The number of para-hydroxylation sites is 2. The van der Waals surface area contributed by atoms with Gasteiger partial charge in [-0.3, -0.25) is 9.59 Å². The number of amides is 2. The highest BCUT2D eigenvalue weighted by Crippen LogP contribution is 2.30. The third-order valence-corrected chi connectivity index (χ3v) is 4.80. The molecule has 2 N–H and O–H groups in total. The van der Waals surface area contributed by atoms with Crippen LogP contribution in [0.25, 0.3) is 0 Å². The predicted octanol–water partition coefficient (Wildman–Crippen LogP) is 1.37. The van der Waals surface area contributed by atoms with Crippen LogP contribution in [-0.4, -0.2) is 44.2 Å². The Kier molecular flexibility index (Phi) is 5.43. The van der Waals surface area contributed by atoms with E-state index in [4.69, 9.17) is 14.2 Å². The molecule has 7 heteroatoms. The van der Waals surface area contributed by atoms with Crippen molar-refractivity contribution < 1.29 is 23.8 Å². The summed E-state index contributed by atoms with van der Waals surface area (Å²) in [6.07, 6.45) is 0.265. The molecule has 28 heavy (non-hydrogen) atoms. The van der Waals surface area contributed by atoms with Gasteiger partial charge in [-0.1, -0.05) is 36.4 Å². The summed E-state index contributed by atoms with van der Waals surface area (Å²) >= 11 is 0. The number of ether oxygens (including phenoxy) is 3. The predicted molar refractivity (Wildman–Crippen MR) is 101 cm³/mol. The summed E-state index contributed by atoms with van der Waals surface area (Å²) in [4.78, 5) is 24.2. The van der Waals surface area contributed by atoms with Gasteiger partial charge in [-0.05, 0) is 29.7 Å². The van der Waals surface area contributed by atoms with Crippen molar-refractivity contribution >= 4 is 11.8 Å². The number of nitrogens with one attached hydrogen (secondary N) is 2. The summed E-state index contributed by atoms with van der Waals surface area (Å²) in [6.45, 7) is 1.35. The van der Waals surface area contributed by atoms with Gasteiger partial charge in [0.05, 0.1) is 13.2 Å². The van der Waals surface area contributed by atoms with Crippen molar-refractivity contribution in [3.05, 3.63) is 59.7 Å². The molecule has 0 aromatic heterocycles. The molecular weight excluding hydrogens is 360 g/mol. The lowest BCUT2D eigenvalue weighted by atomic mass is 9.97. The van der Waals surface area contributed by atoms with E-state index >= 15 is 0 Å². The second kappa shape index (κ2) is 8.31. The normalized spacial score (nSPS) is 20.0. The molecular formula is C21H22N2O5. The van der Waals surface area contributed by atoms with Crippen LogP contribution < -0.4 is 20.1 Å². The van der Waals surface area contributed by atoms with Crippen LogP contribution in [0.5, 0.6) is 11.5 Å². The molecule has 0 bridgehead atoms. The fourth-order valence-electron chi connectivity index (χ4n) is 3.36. The van der Waals surface area contributed by atoms with E-state index in [1.54, 1.807) is 6.07 Å². The minimum absolute atomic E-state index is 0.184. The Bertz CT molecular complexity index is 869. The number of benzene rings is 2. The average Bonchev–Trinajstić information content (AvgIpc) is 2.75. The molecule has 0 saturated carbocycles. The van der Waals surface area contributed by atoms with Gasteiger partial charge in [0.2, 0.25) is 0 Å². The molecule has 2 amide bonds. The van der Waals surface area contributed by atoms with Crippen molar-refractivity contribution in [2.75, 3.05) is 26.3 Å². The summed E-state index contributed by atoms with van der Waals surface area (Å²) in [5.41, 5.74) is 2.27. The number of rotatable bonds is 4. The van der Waals surface area contributed by atoms with Crippen molar-refractivity contribution in [2.24, 2.45) is 0 Å². The van der Waals surface area contributed by atoms with Crippen LogP contribution in [-0.2, 0) is 20.7 Å². The fourth-order valence-corrected chi connectivity index (χ4v) is 3.36. The minimum atomic E-state index is -0.702. The second-order valence-electron chi connectivity index (χ2n) is 6.73. The maximum absolute atomic E-state index is 12.1. The molecule has 2 aliphatic heterocycles. The van der Waals surface area contributed by atoms with Crippen molar-refractivity contribution in [1.82, 2.24) is 10.6 Å². The molecule has 2 heterocycles. The van der Waals surface area contributed by atoms with Gasteiger partial charge in [-0.15, -0.1) is 0 Å². The first-order chi connectivity index (χ1) is 13.7.